The van der Waals surface area contributed by atoms with Gasteiger partial charge in [-0.3, -0.25) is 4.99 Å². The first-order valence-corrected chi connectivity index (χ1v) is 7.70. The smallest absolute Gasteiger partial charge is 0.0758 e. The third-order valence-electron chi connectivity index (χ3n) is 3.69. The maximum Gasteiger partial charge on any atom is 0.0758 e. The van der Waals surface area contributed by atoms with E-state index in [1.54, 1.807) is 0 Å². The molecule has 0 spiro atoms. The molecular formula is C17H16IN. The van der Waals surface area contributed by atoms with E-state index in [0.717, 1.165) is 12.8 Å². The fourth-order valence-electron chi connectivity index (χ4n) is 2.64. The summed E-state index contributed by atoms with van der Waals surface area (Å²) < 4.78 is 1.27. The zero-order valence-corrected chi connectivity index (χ0v) is 13.1. The van der Waals surface area contributed by atoms with Gasteiger partial charge in [-0.25, -0.2) is 0 Å². The summed E-state index contributed by atoms with van der Waals surface area (Å²) in [5, 5.41) is 0. The van der Waals surface area contributed by atoms with Crippen LogP contribution in [-0.2, 0) is 0 Å². The van der Waals surface area contributed by atoms with Gasteiger partial charge in [-0.1, -0.05) is 36.4 Å². The first-order chi connectivity index (χ1) is 9.24. The monoisotopic (exact) mass is 361 g/mol. The lowest BCUT2D eigenvalue weighted by Gasteiger charge is -2.09. The first-order valence-electron chi connectivity index (χ1n) is 6.62. The average molecular weight is 361 g/mol. The fraction of sp³-hybridized carbons (Fsp3) is 0.235. The van der Waals surface area contributed by atoms with Gasteiger partial charge in [-0.2, -0.15) is 0 Å². The maximum atomic E-state index is 4.93. The third-order valence-corrected chi connectivity index (χ3v) is 4.41. The maximum absolute atomic E-state index is 4.93. The van der Waals surface area contributed by atoms with Crippen molar-refractivity contribution in [1.82, 2.24) is 0 Å². The Kier molecular flexibility index (Phi) is 3.69. The number of hydrogen-bond donors (Lipinski definition) is 0. The lowest BCUT2D eigenvalue weighted by molar-refractivity contribution is 0.718. The van der Waals surface area contributed by atoms with E-state index < -0.39 is 0 Å². The molecule has 1 unspecified atom stereocenters. The molecule has 0 amide bonds. The highest BCUT2D eigenvalue weighted by Crippen LogP contribution is 2.32. The van der Waals surface area contributed by atoms with E-state index in [1.165, 1.54) is 26.0 Å². The summed E-state index contributed by atoms with van der Waals surface area (Å²) >= 11 is 2.34. The zero-order chi connectivity index (χ0) is 13.2. The quantitative estimate of drug-likeness (QED) is 0.673. The van der Waals surface area contributed by atoms with Crippen molar-refractivity contribution in [1.29, 1.82) is 0 Å². The van der Waals surface area contributed by atoms with Gasteiger partial charge in [0.15, 0.2) is 0 Å². The molecule has 0 radical (unpaired) electrons. The Labute approximate surface area is 127 Å². The molecule has 0 saturated heterocycles. The molecule has 3 rings (SSSR count). The number of hydrogen-bond acceptors (Lipinski definition) is 1. The van der Waals surface area contributed by atoms with Gasteiger partial charge in [0.2, 0.25) is 0 Å². The van der Waals surface area contributed by atoms with Crippen LogP contribution < -0.4 is 0 Å². The van der Waals surface area contributed by atoms with Crippen LogP contribution in [0.25, 0.3) is 0 Å². The number of benzene rings is 2. The van der Waals surface area contributed by atoms with Crippen molar-refractivity contribution in [3.63, 3.8) is 0 Å². The van der Waals surface area contributed by atoms with Crippen LogP contribution in [0.5, 0.6) is 0 Å². The molecule has 0 aromatic heterocycles. The summed E-state index contributed by atoms with van der Waals surface area (Å²) in [7, 11) is 0. The summed E-state index contributed by atoms with van der Waals surface area (Å²) in [5.74, 6) is 0. The number of nitrogens with zero attached hydrogens (tertiary/aromatic N) is 1. The summed E-state index contributed by atoms with van der Waals surface area (Å²) in [5.41, 5.74) is 5.25. The Morgan fingerprint density at radius 2 is 1.79 bits per heavy atom. The molecule has 0 bridgehead atoms. The largest absolute Gasteiger partial charge is 0.281 e. The molecule has 0 N–H and O–H groups in total. The molecule has 0 saturated carbocycles. The van der Waals surface area contributed by atoms with Gasteiger partial charge >= 0.3 is 0 Å². The van der Waals surface area contributed by atoms with E-state index in [4.69, 9.17) is 4.99 Å². The molecule has 1 nitrogen and oxygen atoms in total. The molecule has 1 aliphatic heterocycles. The molecule has 1 heterocycles. The van der Waals surface area contributed by atoms with Crippen LogP contribution in [0.2, 0.25) is 0 Å². The van der Waals surface area contributed by atoms with Crippen molar-refractivity contribution < 1.29 is 0 Å². The lowest BCUT2D eigenvalue weighted by Crippen LogP contribution is -1.95. The molecule has 2 heteroatoms. The van der Waals surface area contributed by atoms with Crippen LogP contribution in [0.1, 0.15) is 35.6 Å². The minimum Gasteiger partial charge on any atom is -0.281 e. The summed E-state index contributed by atoms with van der Waals surface area (Å²) in [6, 6.07) is 17.6. The number of aryl methyl sites for hydroxylation is 1. The van der Waals surface area contributed by atoms with E-state index in [0.29, 0.717) is 6.04 Å². The van der Waals surface area contributed by atoms with Crippen LogP contribution in [0.3, 0.4) is 0 Å². The van der Waals surface area contributed by atoms with Gasteiger partial charge in [0.1, 0.15) is 0 Å². The second kappa shape index (κ2) is 5.45. The van der Waals surface area contributed by atoms with Crippen LogP contribution in [0, 0.1) is 10.5 Å². The highest BCUT2D eigenvalue weighted by atomic mass is 127. The van der Waals surface area contributed by atoms with Crippen LogP contribution in [0.15, 0.2) is 53.5 Å². The summed E-state index contributed by atoms with van der Waals surface area (Å²) in [4.78, 5) is 4.93. The zero-order valence-electron chi connectivity index (χ0n) is 10.9. The molecule has 0 fully saturated rings. The van der Waals surface area contributed by atoms with E-state index >= 15 is 0 Å². The van der Waals surface area contributed by atoms with Crippen LogP contribution in [0.4, 0.5) is 0 Å². The molecule has 1 aliphatic rings. The van der Waals surface area contributed by atoms with Crippen molar-refractivity contribution in [2.24, 2.45) is 4.99 Å². The van der Waals surface area contributed by atoms with Gasteiger partial charge in [0.05, 0.1) is 6.04 Å². The van der Waals surface area contributed by atoms with Gasteiger partial charge in [0, 0.05) is 9.28 Å². The molecular weight excluding hydrogens is 345 g/mol. The van der Waals surface area contributed by atoms with E-state index in [2.05, 4.69) is 78.0 Å². The standard InChI is InChI=1S/C17H16IN/c1-12-4-2-3-5-15(12)17-11-10-16(19-17)13-6-8-14(18)9-7-13/h2-9,17H,10-11H2,1H3. The lowest BCUT2D eigenvalue weighted by atomic mass is 9.99. The molecule has 1 atom stereocenters. The van der Waals surface area contributed by atoms with Crippen molar-refractivity contribution in [2.75, 3.05) is 0 Å². The van der Waals surface area contributed by atoms with Crippen LogP contribution in [-0.4, -0.2) is 5.71 Å². The second-order valence-corrected chi connectivity index (χ2v) is 6.24. The van der Waals surface area contributed by atoms with E-state index in [1.807, 2.05) is 0 Å². The Morgan fingerprint density at radius 1 is 1.05 bits per heavy atom. The predicted molar refractivity (Wildman–Crippen MR) is 88.9 cm³/mol. The second-order valence-electron chi connectivity index (χ2n) is 4.99. The fourth-order valence-corrected chi connectivity index (χ4v) is 3.00. The Bertz CT molecular complexity index is 613. The third kappa shape index (κ3) is 2.73. The Balaban J connectivity index is 1.89. The number of aliphatic imine (C=N–C) groups is 1. The van der Waals surface area contributed by atoms with E-state index in [9.17, 15) is 0 Å². The van der Waals surface area contributed by atoms with Crippen molar-refractivity contribution >= 4 is 28.3 Å². The average Bonchev–Trinajstić information content (AvgIpc) is 2.89. The minimum atomic E-state index is 0.343. The molecule has 19 heavy (non-hydrogen) atoms. The van der Waals surface area contributed by atoms with Crippen LogP contribution >= 0.6 is 22.6 Å². The van der Waals surface area contributed by atoms with Crippen molar-refractivity contribution in [3.8, 4) is 0 Å². The molecule has 96 valence electrons. The van der Waals surface area contributed by atoms with E-state index in [-0.39, 0.29) is 0 Å². The molecule has 2 aromatic rings. The van der Waals surface area contributed by atoms with Crippen molar-refractivity contribution in [2.45, 2.75) is 25.8 Å². The topological polar surface area (TPSA) is 12.4 Å². The SMILES string of the molecule is Cc1ccccc1C1CCC(c2ccc(I)cc2)=N1. The Hall–Kier alpha value is -1.16. The predicted octanol–water partition coefficient (Wildman–Crippen LogP) is 4.92. The van der Waals surface area contributed by atoms with Crippen molar-refractivity contribution in [3.05, 3.63) is 68.8 Å². The first kappa shape index (κ1) is 12.9. The number of halogens is 1. The van der Waals surface area contributed by atoms with Gasteiger partial charge in [-0.15, -0.1) is 0 Å². The number of rotatable bonds is 2. The highest BCUT2D eigenvalue weighted by molar-refractivity contribution is 14.1. The highest BCUT2D eigenvalue weighted by Gasteiger charge is 2.21. The Morgan fingerprint density at radius 3 is 2.53 bits per heavy atom. The minimum absolute atomic E-state index is 0.343. The summed E-state index contributed by atoms with van der Waals surface area (Å²) in [6.07, 6.45) is 2.21. The van der Waals surface area contributed by atoms with Gasteiger partial charge in [-0.05, 0) is 71.2 Å². The summed E-state index contributed by atoms with van der Waals surface area (Å²) in [6.45, 7) is 2.17. The van der Waals surface area contributed by atoms with Gasteiger partial charge < -0.3 is 0 Å². The van der Waals surface area contributed by atoms with Gasteiger partial charge in [0.25, 0.3) is 0 Å². The normalized spacial score (nSPS) is 18.4. The molecule has 2 aromatic carbocycles. The molecule has 0 aliphatic carbocycles.